The Labute approximate surface area is 163 Å². The molecular formula is C21H21N5O2. The zero-order chi connectivity index (χ0) is 19.7. The van der Waals surface area contributed by atoms with Crippen molar-refractivity contribution in [3.05, 3.63) is 77.3 Å². The number of allylic oxidation sites excluding steroid dienone is 1. The molecular weight excluding hydrogens is 354 g/mol. The topological polar surface area (TPSA) is 81.1 Å². The molecule has 0 spiro atoms. The molecule has 1 aliphatic heterocycles. The van der Waals surface area contributed by atoms with Gasteiger partial charge in [0.1, 0.15) is 18.1 Å². The monoisotopic (exact) mass is 375 g/mol. The number of nitrogens with one attached hydrogen (secondary N) is 2. The summed E-state index contributed by atoms with van der Waals surface area (Å²) in [7, 11) is 1.62. The van der Waals surface area contributed by atoms with Gasteiger partial charge in [-0.15, -0.1) is 0 Å². The molecule has 28 heavy (non-hydrogen) atoms. The van der Waals surface area contributed by atoms with Crippen molar-refractivity contribution in [1.29, 1.82) is 0 Å². The Morgan fingerprint density at radius 1 is 1.14 bits per heavy atom. The molecule has 1 amide bonds. The molecule has 0 saturated carbocycles. The molecule has 1 aliphatic rings. The molecule has 1 atom stereocenters. The molecule has 0 radical (unpaired) electrons. The molecule has 7 nitrogen and oxygen atoms in total. The number of carbonyl (C=O) groups excluding carboxylic acids is 1. The number of amides is 1. The summed E-state index contributed by atoms with van der Waals surface area (Å²) in [6.45, 7) is 3.83. The lowest BCUT2D eigenvalue weighted by molar-refractivity contribution is -0.113. The van der Waals surface area contributed by atoms with Crippen molar-refractivity contribution < 1.29 is 9.53 Å². The fraction of sp³-hybridized carbons (Fsp3) is 0.190. The van der Waals surface area contributed by atoms with E-state index in [9.17, 15) is 4.79 Å². The highest BCUT2D eigenvalue weighted by Gasteiger charge is 2.35. The molecule has 7 heteroatoms. The van der Waals surface area contributed by atoms with E-state index in [-0.39, 0.29) is 5.91 Å². The maximum Gasteiger partial charge on any atom is 0.255 e. The highest BCUT2D eigenvalue weighted by molar-refractivity contribution is 6.06. The second-order valence-corrected chi connectivity index (χ2v) is 6.61. The zero-order valence-electron chi connectivity index (χ0n) is 15.9. The van der Waals surface area contributed by atoms with E-state index in [2.05, 4.69) is 20.7 Å². The van der Waals surface area contributed by atoms with Crippen molar-refractivity contribution in [1.82, 2.24) is 14.8 Å². The zero-order valence-corrected chi connectivity index (χ0v) is 15.9. The smallest absolute Gasteiger partial charge is 0.255 e. The lowest BCUT2D eigenvalue weighted by atomic mass is 9.94. The Morgan fingerprint density at radius 2 is 1.89 bits per heavy atom. The van der Waals surface area contributed by atoms with Crippen molar-refractivity contribution in [3.8, 4) is 5.75 Å². The van der Waals surface area contributed by atoms with E-state index in [1.807, 2.05) is 62.4 Å². The number of aromatic nitrogens is 3. The van der Waals surface area contributed by atoms with Gasteiger partial charge in [-0.1, -0.05) is 36.4 Å². The third-order valence-corrected chi connectivity index (χ3v) is 4.87. The summed E-state index contributed by atoms with van der Waals surface area (Å²) < 4.78 is 7.26. The molecule has 0 unspecified atom stereocenters. The molecule has 3 aromatic rings. The summed E-state index contributed by atoms with van der Waals surface area (Å²) in [4.78, 5) is 17.6. The Balaban J connectivity index is 1.81. The third kappa shape index (κ3) is 3.00. The van der Waals surface area contributed by atoms with E-state index in [1.54, 1.807) is 11.8 Å². The van der Waals surface area contributed by atoms with Crippen molar-refractivity contribution in [2.75, 3.05) is 17.7 Å². The van der Waals surface area contributed by atoms with Gasteiger partial charge in [-0.2, -0.15) is 10.1 Å². The van der Waals surface area contributed by atoms with Crippen molar-refractivity contribution in [3.63, 3.8) is 0 Å². The first kappa shape index (κ1) is 17.8. The number of anilines is 2. The van der Waals surface area contributed by atoms with Gasteiger partial charge in [0.15, 0.2) is 0 Å². The Hall–Kier alpha value is -3.61. The van der Waals surface area contributed by atoms with Crippen LogP contribution in [0.25, 0.3) is 0 Å². The molecule has 2 N–H and O–H groups in total. The van der Waals surface area contributed by atoms with Crippen LogP contribution in [-0.2, 0) is 4.79 Å². The van der Waals surface area contributed by atoms with Crippen LogP contribution >= 0.6 is 0 Å². The van der Waals surface area contributed by atoms with Crippen LogP contribution in [0.2, 0.25) is 0 Å². The van der Waals surface area contributed by atoms with Gasteiger partial charge in [0.05, 0.1) is 12.7 Å². The number of methoxy groups -OCH3 is 1. The first-order valence-corrected chi connectivity index (χ1v) is 8.97. The van der Waals surface area contributed by atoms with Gasteiger partial charge in [-0.25, -0.2) is 4.68 Å². The van der Waals surface area contributed by atoms with Gasteiger partial charge in [-0.05, 0) is 31.5 Å². The molecule has 0 fully saturated rings. The van der Waals surface area contributed by atoms with Crippen LogP contribution in [0.1, 0.15) is 24.1 Å². The summed E-state index contributed by atoms with van der Waals surface area (Å²) in [5.41, 5.74) is 3.89. The highest BCUT2D eigenvalue weighted by Crippen LogP contribution is 2.39. The van der Waals surface area contributed by atoms with Crippen molar-refractivity contribution in [2.24, 2.45) is 0 Å². The van der Waals surface area contributed by atoms with E-state index in [1.165, 1.54) is 6.33 Å². The van der Waals surface area contributed by atoms with Crippen LogP contribution in [0.4, 0.5) is 11.6 Å². The molecule has 2 aromatic carbocycles. The average molecular weight is 375 g/mol. The number of para-hydroxylation sites is 2. The van der Waals surface area contributed by atoms with Crippen molar-refractivity contribution >= 4 is 17.5 Å². The minimum absolute atomic E-state index is 0.198. The summed E-state index contributed by atoms with van der Waals surface area (Å²) in [6, 6.07) is 14.9. The van der Waals surface area contributed by atoms with E-state index in [4.69, 9.17) is 4.74 Å². The number of nitrogens with zero attached hydrogens (tertiary/aromatic N) is 3. The standard InChI is InChI=1S/C21H21N5O2/c1-13-8-4-6-10-16(13)25-20(27)18-14(2)24-21-22-12-23-26(21)19(18)15-9-5-7-11-17(15)28-3/h4-12,19H,1-3H3,(H,25,27)(H,22,23,24)/t19-/m1/s1. The van der Waals surface area contributed by atoms with Crippen LogP contribution in [0.3, 0.4) is 0 Å². The number of fused-ring (bicyclic) bond motifs is 1. The van der Waals surface area contributed by atoms with E-state index in [0.29, 0.717) is 17.3 Å². The van der Waals surface area contributed by atoms with Gasteiger partial charge in [0.2, 0.25) is 5.95 Å². The quantitative estimate of drug-likeness (QED) is 0.729. The molecule has 2 heterocycles. The van der Waals surface area contributed by atoms with Crippen molar-refractivity contribution in [2.45, 2.75) is 19.9 Å². The van der Waals surface area contributed by atoms with E-state index >= 15 is 0 Å². The maximum absolute atomic E-state index is 13.3. The predicted octanol–water partition coefficient (Wildman–Crippen LogP) is 3.52. The molecule has 142 valence electrons. The number of hydrogen-bond donors (Lipinski definition) is 2. The molecule has 0 saturated heterocycles. The SMILES string of the molecule is COc1ccccc1[C@@H]1C(C(=O)Nc2ccccc2C)=C(C)Nc2ncnn21. The van der Waals surface area contributed by atoms with Gasteiger partial charge in [0, 0.05) is 16.9 Å². The lowest BCUT2D eigenvalue weighted by Crippen LogP contribution is -2.31. The van der Waals surface area contributed by atoms with Gasteiger partial charge in [-0.3, -0.25) is 4.79 Å². The molecule has 0 bridgehead atoms. The first-order chi connectivity index (χ1) is 13.6. The molecule has 1 aromatic heterocycles. The average Bonchev–Trinajstić information content (AvgIpc) is 3.16. The normalized spacial score (nSPS) is 15.6. The second-order valence-electron chi connectivity index (χ2n) is 6.61. The summed E-state index contributed by atoms with van der Waals surface area (Å²) in [5.74, 6) is 1.07. The Bertz CT molecular complexity index is 1070. The van der Waals surface area contributed by atoms with Crippen LogP contribution in [-0.4, -0.2) is 27.8 Å². The fourth-order valence-corrected chi connectivity index (χ4v) is 3.47. The minimum atomic E-state index is -0.459. The van der Waals surface area contributed by atoms with Crippen LogP contribution in [0, 0.1) is 6.92 Å². The predicted molar refractivity (Wildman–Crippen MR) is 107 cm³/mol. The Morgan fingerprint density at radius 3 is 2.68 bits per heavy atom. The minimum Gasteiger partial charge on any atom is -0.496 e. The van der Waals surface area contributed by atoms with Crippen LogP contribution in [0.15, 0.2) is 66.1 Å². The number of aryl methyl sites for hydroxylation is 1. The van der Waals surface area contributed by atoms with Gasteiger partial charge in [0.25, 0.3) is 5.91 Å². The summed E-state index contributed by atoms with van der Waals surface area (Å²) in [5, 5.41) is 10.6. The maximum atomic E-state index is 13.3. The number of benzene rings is 2. The Kier molecular flexibility index (Phi) is 4.57. The van der Waals surface area contributed by atoms with Gasteiger partial charge < -0.3 is 15.4 Å². The third-order valence-electron chi connectivity index (χ3n) is 4.87. The summed E-state index contributed by atoms with van der Waals surface area (Å²) >= 11 is 0. The molecule has 0 aliphatic carbocycles. The fourth-order valence-electron chi connectivity index (χ4n) is 3.47. The summed E-state index contributed by atoms with van der Waals surface area (Å²) in [6.07, 6.45) is 1.47. The van der Waals surface area contributed by atoms with E-state index < -0.39 is 6.04 Å². The molecule has 4 rings (SSSR count). The largest absolute Gasteiger partial charge is 0.496 e. The van der Waals surface area contributed by atoms with Gasteiger partial charge >= 0.3 is 0 Å². The number of ether oxygens (including phenoxy) is 1. The lowest BCUT2D eigenvalue weighted by Gasteiger charge is -2.29. The second kappa shape index (κ2) is 7.19. The van der Waals surface area contributed by atoms with E-state index in [0.717, 1.165) is 22.5 Å². The number of carbonyl (C=O) groups is 1. The number of hydrogen-bond acceptors (Lipinski definition) is 5. The number of rotatable bonds is 4. The first-order valence-electron chi connectivity index (χ1n) is 8.97. The van der Waals surface area contributed by atoms with Crippen LogP contribution in [0.5, 0.6) is 5.75 Å². The van der Waals surface area contributed by atoms with Crippen LogP contribution < -0.4 is 15.4 Å². The highest BCUT2D eigenvalue weighted by atomic mass is 16.5.